The van der Waals surface area contributed by atoms with Crippen LogP contribution in [-0.2, 0) is 4.74 Å². The second kappa shape index (κ2) is 11.5. The molecule has 8 nitrogen and oxygen atoms in total. The third-order valence-electron chi connectivity index (χ3n) is 8.29. The Morgan fingerprint density at radius 3 is 2.36 bits per heavy atom. The molecule has 2 bridgehead atoms. The van der Waals surface area contributed by atoms with E-state index < -0.39 is 0 Å². The quantitative estimate of drug-likeness (QED) is 0.403. The number of carbonyl (C=O) groups excluding carboxylic acids is 1. The van der Waals surface area contributed by atoms with Gasteiger partial charge in [0, 0.05) is 72.8 Å². The normalized spacial score (nSPS) is 21.5. The van der Waals surface area contributed by atoms with Gasteiger partial charge >= 0.3 is 0 Å². The first-order valence-electron chi connectivity index (χ1n) is 14.0. The molecule has 2 aromatic carbocycles. The van der Waals surface area contributed by atoms with E-state index in [4.69, 9.17) is 10.00 Å². The number of ether oxygens (including phenoxy) is 1. The average molecular weight is 523 g/mol. The summed E-state index contributed by atoms with van der Waals surface area (Å²) in [6.07, 6.45) is 7.22. The molecule has 39 heavy (non-hydrogen) atoms. The van der Waals surface area contributed by atoms with E-state index in [1.165, 1.54) is 31.4 Å². The lowest BCUT2D eigenvalue weighted by Gasteiger charge is -2.44. The van der Waals surface area contributed by atoms with E-state index in [0.717, 1.165) is 43.2 Å². The number of rotatable bonds is 8. The fourth-order valence-electron chi connectivity index (χ4n) is 6.28. The topological polar surface area (TPSA) is 94.4 Å². The molecule has 4 heterocycles. The molecule has 3 fully saturated rings. The Labute approximate surface area is 229 Å². The minimum atomic E-state index is -0.0232. The second-order valence-corrected chi connectivity index (χ2v) is 10.7. The average Bonchev–Trinajstić information content (AvgIpc) is 3.24. The summed E-state index contributed by atoms with van der Waals surface area (Å²) in [6.45, 7) is 3.99. The Balaban J connectivity index is 1.05. The van der Waals surface area contributed by atoms with E-state index in [1.54, 1.807) is 18.3 Å². The number of hydrogen-bond donors (Lipinski definition) is 1. The van der Waals surface area contributed by atoms with E-state index in [0.29, 0.717) is 29.6 Å². The molecule has 0 saturated carbocycles. The maximum absolute atomic E-state index is 12.1. The fourth-order valence-corrected chi connectivity index (χ4v) is 6.28. The third kappa shape index (κ3) is 5.65. The van der Waals surface area contributed by atoms with Gasteiger partial charge in [-0.1, -0.05) is 24.3 Å². The first-order chi connectivity index (χ1) is 19.2. The van der Waals surface area contributed by atoms with E-state index in [-0.39, 0.29) is 18.6 Å². The summed E-state index contributed by atoms with van der Waals surface area (Å²) < 4.78 is 5.79. The molecule has 0 amide bonds. The van der Waals surface area contributed by atoms with Crippen molar-refractivity contribution in [3.05, 3.63) is 66.4 Å². The molecule has 200 valence electrons. The maximum atomic E-state index is 12.1. The number of Topliss-reactive ketones (excluding diaryl/α,β-unsaturated/α-hetero) is 1. The summed E-state index contributed by atoms with van der Waals surface area (Å²) in [5.74, 6) is 0.500. The fraction of sp³-hybridized carbons (Fsp3) is 0.419. The SMILES string of the molecule is N#CCCC(=O)c1ccc(-c2ccnc(Nc3ccc(N4CCC(N5C6CCC5COC6)CC4)cc3)n2)cc1. The smallest absolute Gasteiger partial charge is 0.227 e. The number of nitrogens with one attached hydrogen (secondary N) is 1. The standard InChI is InChI=1S/C31H34N6O2/c32-16-1-2-30(38)23-5-3-22(4-6-23)29-13-17-33-31(35-29)34-24-7-9-25(10-8-24)36-18-14-26(15-19-36)37-27-11-12-28(37)21-39-20-27/h3-10,13,17,26-28H,1-2,11-12,14-15,18-21H2,(H,33,34,35). The molecule has 0 radical (unpaired) electrons. The Kier molecular flexibility index (Phi) is 7.53. The third-order valence-corrected chi connectivity index (χ3v) is 8.29. The molecule has 2 unspecified atom stereocenters. The second-order valence-electron chi connectivity index (χ2n) is 10.7. The molecular formula is C31H34N6O2. The van der Waals surface area contributed by atoms with E-state index in [9.17, 15) is 4.79 Å². The van der Waals surface area contributed by atoms with Crippen molar-refractivity contribution in [1.82, 2.24) is 14.9 Å². The number of nitriles is 1. The lowest BCUT2D eigenvalue weighted by atomic mass is 10.00. The predicted molar refractivity (Wildman–Crippen MR) is 151 cm³/mol. The first-order valence-corrected chi connectivity index (χ1v) is 14.0. The molecular weight excluding hydrogens is 488 g/mol. The zero-order valence-electron chi connectivity index (χ0n) is 22.1. The predicted octanol–water partition coefficient (Wildman–Crippen LogP) is 5.21. The van der Waals surface area contributed by atoms with E-state index in [1.807, 2.05) is 24.3 Å². The Morgan fingerprint density at radius 1 is 0.949 bits per heavy atom. The maximum Gasteiger partial charge on any atom is 0.227 e. The van der Waals surface area contributed by atoms with Gasteiger partial charge in [-0.05, 0) is 56.0 Å². The van der Waals surface area contributed by atoms with Crippen LogP contribution < -0.4 is 10.2 Å². The van der Waals surface area contributed by atoms with Gasteiger partial charge in [-0.2, -0.15) is 5.26 Å². The van der Waals surface area contributed by atoms with E-state index in [2.05, 4.69) is 49.4 Å². The van der Waals surface area contributed by atoms with Crippen molar-refractivity contribution in [2.75, 3.05) is 36.5 Å². The van der Waals surface area contributed by atoms with Gasteiger partial charge in [0.15, 0.2) is 5.78 Å². The van der Waals surface area contributed by atoms with Crippen molar-refractivity contribution in [1.29, 1.82) is 5.26 Å². The minimum Gasteiger partial charge on any atom is -0.378 e. The van der Waals surface area contributed by atoms with Gasteiger partial charge in [-0.3, -0.25) is 9.69 Å². The van der Waals surface area contributed by atoms with Crippen LogP contribution in [-0.4, -0.2) is 65.1 Å². The summed E-state index contributed by atoms with van der Waals surface area (Å²) in [4.78, 5) is 26.5. The number of aromatic nitrogens is 2. The molecule has 0 spiro atoms. The zero-order chi connectivity index (χ0) is 26.6. The highest BCUT2D eigenvalue weighted by Crippen LogP contribution is 2.35. The number of nitrogens with zero attached hydrogens (tertiary/aromatic N) is 5. The molecule has 3 aliphatic rings. The van der Waals surface area contributed by atoms with Crippen molar-refractivity contribution in [2.24, 2.45) is 0 Å². The van der Waals surface area contributed by atoms with Crippen LogP contribution in [0.4, 0.5) is 17.3 Å². The first kappa shape index (κ1) is 25.5. The molecule has 8 heteroatoms. The molecule has 3 saturated heterocycles. The molecule has 6 rings (SSSR count). The number of anilines is 3. The lowest BCUT2D eigenvalue weighted by Crippen LogP contribution is -2.54. The lowest BCUT2D eigenvalue weighted by molar-refractivity contribution is -0.0407. The van der Waals surface area contributed by atoms with Crippen LogP contribution in [0, 0.1) is 11.3 Å². The molecule has 0 aliphatic carbocycles. The van der Waals surface area contributed by atoms with Crippen LogP contribution in [0.5, 0.6) is 0 Å². The Morgan fingerprint density at radius 2 is 1.67 bits per heavy atom. The number of morpholine rings is 1. The van der Waals surface area contributed by atoms with Crippen LogP contribution in [0.1, 0.15) is 48.9 Å². The summed E-state index contributed by atoms with van der Waals surface area (Å²) in [5, 5.41) is 12.0. The number of fused-ring (bicyclic) bond motifs is 2. The van der Waals surface area contributed by atoms with Crippen molar-refractivity contribution < 1.29 is 9.53 Å². The highest BCUT2D eigenvalue weighted by atomic mass is 16.5. The van der Waals surface area contributed by atoms with E-state index >= 15 is 0 Å². The number of ketones is 1. The van der Waals surface area contributed by atoms with Gasteiger partial charge in [0.05, 0.1) is 25.0 Å². The highest BCUT2D eigenvalue weighted by molar-refractivity contribution is 5.96. The molecule has 1 aromatic heterocycles. The molecule has 3 aromatic rings. The van der Waals surface area contributed by atoms with Gasteiger partial charge in [-0.15, -0.1) is 0 Å². The summed E-state index contributed by atoms with van der Waals surface area (Å²) in [7, 11) is 0. The van der Waals surface area contributed by atoms with Crippen molar-refractivity contribution in [3.63, 3.8) is 0 Å². The summed E-state index contributed by atoms with van der Waals surface area (Å²) in [5.41, 5.74) is 4.48. The van der Waals surface area contributed by atoms with Crippen LogP contribution in [0.25, 0.3) is 11.3 Å². The van der Waals surface area contributed by atoms with Crippen molar-refractivity contribution in [3.8, 4) is 17.3 Å². The largest absolute Gasteiger partial charge is 0.378 e. The Bertz CT molecular complexity index is 1310. The highest BCUT2D eigenvalue weighted by Gasteiger charge is 2.41. The summed E-state index contributed by atoms with van der Waals surface area (Å²) in [6, 6.07) is 21.7. The van der Waals surface area contributed by atoms with Gasteiger partial charge in [0.1, 0.15) is 0 Å². The minimum absolute atomic E-state index is 0.0232. The van der Waals surface area contributed by atoms with Gasteiger partial charge in [0.2, 0.25) is 5.95 Å². The van der Waals surface area contributed by atoms with Crippen LogP contribution in [0.15, 0.2) is 60.8 Å². The molecule has 2 atom stereocenters. The van der Waals surface area contributed by atoms with Gasteiger partial charge < -0.3 is 15.0 Å². The zero-order valence-corrected chi connectivity index (χ0v) is 22.1. The van der Waals surface area contributed by atoms with Crippen LogP contribution in [0.2, 0.25) is 0 Å². The summed E-state index contributed by atoms with van der Waals surface area (Å²) >= 11 is 0. The van der Waals surface area contributed by atoms with Crippen molar-refractivity contribution in [2.45, 2.75) is 56.7 Å². The van der Waals surface area contributed by atoms with Crippen LogP contribution >= 0.6 is 0 Å². The van der Waals surface area contributed by atoms with Gasteiger partial charge in [0.25, 0.3) is 0 Å². The number of piperidine rings is 1. The van der Waals surface area contributed by atoms with Crippen LogP contribution in [0.3, 0.4) is 0 Å². The van der Waals surface area contributed by atoms with Gasteiger partial charge in [-0.25, -0.2) is 9.97 Å². The number of hydrogen-bond acceptors (Lipinski definition) is 8. The molecule has 3 aliphatic heterocycles. The number of carbonyl (C=O) groups is 1. The monoisotopic (exact) mass is 522 g/mol. The molecule has 1 N–H and O–H groups in total. The Hall–Kier alpha value is -3.80. The number of benzene rings is 2. The van der Waals surface area contributed by atoms with Crippen molar-refractivity contribution >= 4 is 23.1 Å².